The molecule has 1 fully saturated rings. The van der Waals surface area contributed by atoms with Crippen LogP contribution in [0.25, 0.3) is 0 Å². The van der Waals surface area contributed by atoms with Crippen LogP contribution in [0.3, 0.4) is 0 Å². The Hall–Kier alpha value is -3.29. The van der Waals surface area contributed by atoms with Crippen LogP contribution in [0.2, 0.25) is 0 Å². The normalized spacial score (nSPS) is 18.3. The van der Waals surface area contributed by atoms with Crippen LogP contribution in [-0.2, 0) is 4.79 Å². The number of halogens is 1. The molecule has 0 saturated carbocycles. The summed E-state index contributed by atoms with van der Waals surface area (Å²) in [6.07, 6.45) is 0.158. The number of nitrogens with zero attached hydrogens (tertiary/aromatic N) is 1. The molecule has 27 heavy (non-hydrogen) atoms. The molecule has 7 nitrogen and oxygen atoms in total. The second kappa shape index (κ2) is 7.14. The molecule has 1 saturated heterocycles. The molecule has 3 amide bonds. The molecule has 8 heteroatoms. The summed E-state index contributed by atoms with van der Waals surface area (Å²) in [4.78, 5) is 25.9. The predicted molar refractivity (Wildman–Crippen MR) is 96.7 cm³/mol. The minimum Gasteiger partial charge on any atom is -0.486 e. The molecule has 1 atom stereocenters. The SMILES string of the molecule is O=C(Nc1ccc2c(c1)OCCO2)N[C@@H]1CC(=O)N(c2cccc(F)c2)C1. The molecule has 2 aromatic rings. The first-order chi connectivity index (χ1) is 13.1. The third-order valence-corrected chi connectivity index (χ3v) is 4.38. The fourth-order valence-corrected chi connectivity index (χ4v) is 3.17. The average Bonchev–Trinajstić information content (AvgIpc) is 3.01. The maximum absolute atomic E-state index is 13.4. The number of rotatable bonds is 3. The Morgan fingerprint density at radius 2 is 1.93 bits per heavy atom. The molecular weight excluding hydrogens is 353 g/mol. The monoisotopic (exact) mass is 371 g/mol. The molecule has 2 N–H and O–H groups in total. The fourth-order valence-electron chi connectivity index (χ4n) is 3.17. The number of carbonyl (C=O) groups excluding carboxylic acids is 2. The van der Waals surface area contributed by atoms with Gasteiger partial charge in [0.05, 0.1) is 6.04 Å². The van der Waals surface area contributed by atoms with Gasteiger partial charge < -0.3 is 25.0 Å². The van der Waals surface area contributed by atoms with Crippen molar-refractivity contribution in [1.29, 1.82) is 0 Å². The maximum atomic E-state index is 13.4. The van der Waals surface area contributed by atoms with Gasteiger partial charge in [-0.15, -0.1) is 0 Å². The Labute approximate surface area is 155 Å². The first-order valence-corrected chi connectivity index (χ1v) is 8.61. The lowest BCUT2D eigenvalue weighted by Crippen LogP contribution is -2.39. The van der Waals surface area contributed by atoms with E-state index in [9.17, 15) is 14.0 Å². The molecule has 2 aliphatic rings. The molecule has 0 aliphatic carbocycles. The summed E-state index contributed by atoms with van der Waals surface area (Å²) in [6.45, 7) is 1.25. The van der Waals surface area contributed by atoms with E-state index in [1.165, 1.54) is 17.0 Å². The molecule has 2 heterocycles. The summed E-state index contributed by atoms with van der Waals surface area (Å²) in [7, 11) is 0. The molecule has 0 bridgehead atoms. The van der Waals surface area contributed by atoms with Crippen LogP contribution < -0.4 is 25.0 Å². The van der Waals surface area contributed by atoms with Gasteiger partial charge in [-0.05, 0) is 30.3 Å². The smallest absolute Gasteiger partial charge is 0.319 e. The van der Waals surface area contributed by atoms with Gasteiger partial charge in [0.15, 0.2) is 11.5 Å². The molecule has 0 aromatic heterocycles. The summed E-state index contributed by atoms with van der Waals surface area (Å²) >= 11 is 0. The fraction of sp³-hybridized carbons (Fsp3) is 0.263. The molecule has 4 rings (SSSR count). The lowest BCUT2D eigenvalue weighted by molar-refractivity contribution is -0.117. The minimum atomic E-state index is -0.425. The first kappa shape index (κ1) is 17.1. The van der Waals surface area contributed by atoms with E-state index in [2.05, 4.69) is 10.6 Å². The Morgan fingerprint density at radius 3 is 2.74 bits per heavy atom. The largest absolute Gasteiger partial charge is 0.486 e. The third kappa shape index (κ3) is 3.79. The van der Waals surface area contributed by atoms with Crippen molar-refractivity contribution in [2.24, 2.45) is 0 Å². The molecule has 0 radical (unpaired) electrons. The van der Waals surface area contributed by atoms with E-state index >= 15 is 0 Å². The molecule has 0 unspecified atom stereocenters. The number of amides is 3. The quantitative estimate of drug-likeness (QED) is 0.869. The molecule has 2 aliphatic heterocycles. The maximum Gasteiger partial charge on any atom is 0.319 e. The highest BCUT2D eigenvalue weighted by atomic mass is 19.1. The lowest BCUT2D eigenvalue weighted by atomic mass is 10.2. The van der Waals surface area contributed by atoms with E-state index in [0.29, 0.717) is 36.1 Å². The highest BCUT2D eigenvalue weighted by Crippen LogP contribution is 2.32. The number of fused-ring (bicyclic) bond motifs is 1. The summed E-state index contributed by atoms with van der Waals surface area (Å²) in [5, 5.41) is 5.50. The molecule has 2 aromatic carbocycles. The van der Waals surface area contributed by atoms with Crippen molar-refractivity contribution in [2.45, 2.75) is 12.5 Å². The Balaban J connectivity index is 1.37. The Bertz CT molecular complexity index is 889. The predicted octanol–water partition coefficient (Wildman–Crippen LogP) is 2.52. The van der Waals surface area contributed by atoms with Crippen molar-refractivity contribution in [3.05, 3.63) is 48.3 Å². The highest BCUT2D eigenvalue weighted by Gasteiger charge is 2.31. The van der Waals surface area contributed by atoms with Gasteiger partial charge in [0.1, 0.15) is 19.0 Å². The van der Waals surface area contributed by atoms with Crippen LogP contribution in [0.15, 0.2) is 42.5 Å². The second-order valence-electron chi connectivity index (χ2n) is 6.34. The molecular formula is C19H18FN3O4. The zero-order valence-corrected chi connectivity index (χ0v) is 14.4. The zero-order valence-electron chi connectivity index (χ0n) is 14.4. The van der Waals surface area contributed by atoms with Crippen molar-refractivity contribution in [1.82, 2.24) is 5.32 Å². The zero-order chi connectivity index (χ0) is 18.8. The van der Waals surface area contributed by atoms with E-state index in [-0.39, 0.29) is 24.9 Å². The number of nitrogens with one attached hydrogen (secondary N) is 2. The van der Waals surface area contributed by atoms with Crippen LogP contribution in [-0.4, -0.2) is 37.7 Å². The van der Waals surface area contributed by atoms with Gasteiger partial charge in [-0.2, -0.15) is 0 Å². The topological polar surface area (TPSA) is 79.9 Å². The van der Waals surface area contributed by atoms with Gasteiger partial charge >= 0.3 is 6.03 Å². The molecule has 140 valence electrons. The van der Waals surface area contributed by atoms with Crippen molar-refractivity contribution in [3.63, 3.8) is 0 Å². The lowest BCUT2D eigenvalue weighted by Gasteiger charge is -2.19. The third-order valence-electron chi connectivity index (χ3n) is 4.38. The van der Waals surface area contributed by atoms with E-state index in [1.54, 1.807) is 30.3 Å². The van der Waals surface area contributed by atoms with Crippen LogP contribution in [0.4, 0.5) is 20.6 Å². The number of anilines is 2. The van der Waals surface area contributed by atoms with Gasteiger partial charge in [0.2, 0.25) is 5.91 Å². The van der Waals surface area contributed by atoms with Crippen LogP contribution in [0.1, 0.15) is 6.42 Å². The van der Waals surface area contributed by atoms with Crippen molar-refractivity contribution >= 4 is 23.3 Å². The number of benzene rings is 2. The van der Waals surface area contributed by atoms with E-state index < -0.39 is 11.8 Å². The minimum absolute atomic E-state index is 0.158. The van der Waals surface area contributed by atoms with Gasteiger partial charge in [0.25, 0.3) is 0 Å². The van der Waals surface area contributed by atoms with Crippen molar-refractivity contribution in [2.75, 3.05) is 30.0 Å². The van der Waals surface area contributed by atoms with Gasteiger partial charge in [-0.1, -0.05) is 6.07 Å². The number of urea groups is 1. The number of ether oxygens (including phenoxy) is 2. The summed E-state index contributed by atoms with van der Waals surface area (Å²) in [6, 6.07) is 10.2. The second-order valence-corrected chi connectivity index (χ2v) is 6.34. The van der Waals surface area contributed by atoms with E-state index in [1.807, 2.05) is 0 Å². The highest BCUT2D eigenvalue weighted by molar-refractivity contribution is 5.97. The Kier molecular flexibility index (Phi) is 4.53. The summed E-state index contributed by atoms with van der Waals surface area (Å²) in [5.41, 5.74) is 1.04. The number of hydrogen-bond acceptors (Lipinski definition) is 4. The van der Waals surface area contributed by atoms with Crippen molar-refractivity contribution < 1.29 is 23.5 Å². The van der Waals surface area contributed by atoms with Gasteiger partial charge in [0, 0.05) is 30.4 Å². The summed E-state index contributed by atoms with van der Waals surface area (Å²) < 4.78 is 24.3. The van der Waals surface area contributed by atoms with Crippen LogP contribution >= 0.6 is 0 Å². The van der Waals surface area contributed by atoms with Crippen LogP contribution in [0, 0.1) is 5.82 Å². The number of carbonyl (C=O) groups is 2. The van der Waals surface area contributed by atoms with E-state index in [0.717, 1.165) is 0 Å². The van der Waals surface area contributed by atoms with E-state index in [4.69, 9.17) is 9.47 Å². The van der Waals surface area contributed by atoms with Crippen molar-refractivity contribution in [3.8, 4) is 11.5 Å². The average molecular weight is 371 g/mol. The van der Waals surface area contributed by atoms with Gasteiger partial charge in [-0.25, -0.2) is 9.18 Å². The first-order valence-electron chi connectivity index (χ1n) is 8.61. The molecule has 0 spiro atoms. The summed E-state index contributed by atoms with van der Waals surface area (Å²) in [5.74, 6) is 0.644. The van der Waals surface area contributed by atoms with Crippen LogP contribution in [0.5, 0.6) is 11.5 Å². The number of hydrogen-bond donors (Lipinski definition) is 2. The standard InChI is InChI=1S/C19H18FN3O4/c20-12-2-1-3-15(8-12)23-11-14(10-18(23)24)22-19(25)21-13-4-5-16-17(9-13)27-7-6-26-16/h1-5,8-9,14H,6-7,10-11H2,(H2,21,22,25)/t14-/m1/s1. The Morgan fingerprint density at radius 1 is 1.11 bits per heavy atom. The van der Waals surface area contributed by atoms with Gasteiger partial charge in [-0.3, -0.25) is 4.79 Å².